The molecule has 3 N–H and O–H groups in total. The first kappa shape index (κ1) is 26.8. The summed E-state index contributed by atoms with van der Waals surface area (Å²) >= 11 is 0. The number of likely N-dealkylation sites (tertiary alicyclic amines) is 1. The van der Waals surface area contributed by atoms with Gasteiger partial charge in [-0.2, -0.15) is 0 Å². The number of anilines is 1. The Balaban J connectivity index is 1.92. The molecule has 0 unspecified atom stereocenters. The van der Waals surface area contributed by atoms with Crippen molar-refractivity contribution in [1.29, 1.82) is 0 Å². The van der Waals surface area contributed by atoms with Crippen LogP contribution in [0.15, 0.2) is 78.1 Å². The molecule has 0 radical (unpaired) electrons. The fourth-order valence-corrected chi connectivity index (χ4v) is 4.76. The molecule has 0 saturated carbocycles. The van der Waals surface area contributed by atoms with E-state index in [1.54, 1.807) is 13.0 Å². The number of benzene rings is 2. The maximum absolute atomic E-state index is 9.81. The topological polar surface area (TPSA) is 55.7 Å². The van der Waals surface area contributed by atoms with Gasteiger partial charge in [0.05, 0.1) is 5.76 Å². The third-order valence-electron chi connectivity index (χ3n) is 6.62. The van der Waals surface area contributed by atoms with Gasteiger partial charge in [0.2, 0.25) is 0 Å². The number of hydrogen-bond acceptors (Lipinski definition) is 4. The number of rotatable bonds is 12. The maximum Gasteiger partial charge on any atom is 0.0891 e. The van der Waals surface area contributed by atoms with Crippen molar-refractivity contribution in [3.8, 4) is 0 Å². The van der Waals surface area contributed by atoms with E-state index in [1.165, 1.54) is 54.6 Å². The van der Waals surface area contributed by atoms with E-state index in [2.05, 4.69) is 65.7 Å². The molecule has 1 aliphatic heterocycles. The van der Waals surface area contributed by atoms with Crippen molar-refractivity contribution in [2.75, 3.05) is 38.1 Å². The predicted molar refractivity (Wildman–Crippen MR) is 150 cm³/mol. The van der Waals surface area contributed by atoms with Crippen LogP contribution in [0.2, 0.25) is 0 Å². The van der Waals surface area contributed by atoms with E-state index in [1.807, 2.05) is 12.1 Å². The van der Waals surface area contributed by atoms with Crippen molar-refractivity contribution < 1.29 is 10.2 Å². The smallest absolute Gasteiger partial charge is 0.0891 e. The van der Waals surface area contributed by atoms with Crippen LogP contribution in [0.3, 0.4) is 0 Å². The van der Waals surface area contributed by atoms with Crippen LogP contribution in [0.25, 0.3) is 11.1 Å². The number of nitrogens with zero attached hydrogens (tertiary/aromatic N) is 1. The maximum atomic E-state index is 9.81. The number of aliphatic hydroxyl groups excluding tert-OH is 2. The Kier molecular flexibility index (Phi) is 11.1. The van der Waals surface area contributed by atoms with E-state index in [9.17, 15) is 10.2 Å². The van der Waals surface area contributed by atoms with Crippen molar-refractivity contribution in [2.24, 2.45) is 0 Å². The first-order valence-electron chi connectivity index (χ1n) is 13.1. The standard InChI is InChI=1S/C31H42N2O2/c1-3-26(15-14-25(2)35)31(30(13-10-24-34)27-11-6-4-7-12-27)28-16-18-29(19-17-28)32-20-23-33-21-8-5-9-22-33/h4,6-7,11-12,14-19,32,34-35H,3,5,8-10,13,20-24H2,1-2H3/b25-14+,26-15+,31-30-. The minimum atomic E-state index is 0.157. The summed E-state index contributed by atoms with van der Waals surface area (Å²) in [6.07, 6.45) is 10.1. The molecule has 188 valence electrons. The molecule has 1 fully saturated rings. The Bertz CT molecular complexity index is 980. The van der Waals surface area contributed by atoms with Gasteiger partial charge in [0.15, 0.2) is 0 Å². The van der Waals surface area contributed by atoms with Gasteiger partial charge in [0.25, 0.3) is 0 Å². The molecule has 1 saturated heterocycles. The van der Waals surface area contributed by atoms with Gasteiger partial charge >= 0.3 is 0 Å². The molecule has 3 rings (SSSR count). The molecule has 1 aliphatic rings. The predicted octanol–water partition coefficient (Wildman–Crippen LogP) is 7.07. The van der Waals surface area contributed by atoms with Crippen LogP contribution in [0.1, 0.15) is 63.5 Å². The molecule has 2 aromatic carbocycles. The molecule has 2 aromatic rings. The van der Waals surface area contributed by atoms with Crippen molar-refractivity contribution in [1.82, 2.24) is 4.90 Å². The zero-order chi connectivity index (χ0) is 24.9. The summed E-state index contributed by atoms with van der Waals surface area (Å²) < 4.78 is 0. The van der Waals surface area contributed by atoms with E-state index in [-0.39, 0.29) is 6.61 Å². The van der Waals surface area contributed by atoms with Gasteiger partial charge in [-0.25, -0.2) is 0 Å². The van der Waals surface area contributed by atoms with E-state index < -0.39 is 0 Å². The Morgan fingerprint density at radius 1 is 0.943 bits per heavy atom. The molecular weight excluding hydrogens is 432 g/mol. The lowest BCUT2D eigenvalue weighted by molar-refractivity contribution is 0.237. The highest BCUT2D eigenvalue weighted by molar-refractivity contribution is 5.98. The van der Waals surface area contributed by atoms with Crippen LogP contribution in [-0.2, 0) is 0 Å². The van der Waals surface area contributed by atoms with Gasteiger partial charge in [-0.15, -0.1) is 0 Å². The summed E-state index contributed by atoms with van der Waals surface area (Å²) in [5.41, 5.74) is 7.03. The minimum absolute atomic E-state index is 0.157. The lowest BCUT2D eigenvalue weighted by atomic mass is 9.86. The van der Waals surface area contributed by atoms with Gasteiger partial charge in [-0.3, -0.25) is 0 Å². The van der Waals surface area contributed by atoms with E-state index >= 15 is 0 Å². The van der Waals surface area contributed by atoms with Crippen LogP contribution in [-0.4, -0.2) is 47.9 Å². The summed E-state index contributed by atoms with van der Waals surface area (Å²) in [6.45, 7) is 8.48. The fourth-order valence-electron chi connectivity index (χ4n) is 4.76. The molecule has 0 bridgehead atoms. The molecule has 4 heteroatoms. The SMILES string of the molecule is CCC(=C\C=C(/C)O)/C(=C(\CCCO)c1ccccc1)c1ccc(NCCN2CCCCC2)cc1. The average Bonchev–Trinajstić information content (AvgIpc) is 2.89. The van der Waals surface area contributed by atoms with E-state index in [0.717, 1.165) is 37.2 Å². The van der Waals surface area contributed by atoms with Gasteiger partial charge in [0, 0.05) is 25.4 Å². The molecule has 35 heavy (non-hydrogen) atoms. The molecule has 0 spiro atoms. The fraction of sp³-hybridized carbons (Fsp3) is 0.419. The summed E-state index contributed by atoms with van der Waals surface area (Å²) in [4.78, 5) is 2.55. The third kappa shape index (κ3) is 8.41. The molecule has 0 amide bonds. The molecular formula is C31H42N2O2. The van der Waals surface area contributed by atoms with Crippen molar-refractivity contribution >= 4 is 16.8 Å². The normalized spacial score (nSPS) is 16.2. The monoisotopic (exact) mass is 474 g/mol. The quantitative estimate of drug-likeness (QED) is 0.175. The Morgan fingerprint density at radius 2 is 1.66 bits per heavy atom. The number of aliphatic hydroxyl groups is 2. The molecule has 0 aromatic heterocycles. The van der Waals surface area contributed by atoms with Crippen LogP contribution in [0.5, 0.6) is 0 Å². The van der Waals surface area contributed by atoms with Crippen molar-refractivity contribution in [3.63, 3.8) is 0 Å². The van der Waals surface area contributed by atoms with Crippen LogP contribution in [0.4, 0.5) is 5.69 Å². The summed E-state index contributed by atoms with van der Waals surface area (Å²) in [6, 6.07) is 19.2. The number of hydrogen-bond donors (Lipinski definition) is 3. The minimum Gasteiger partial charge on any atom is -0.513 e. The summed E-state index contributed by atoms with van der Waals surface area (Å²) in [5.74, 6) is 0.292. The summed E-state index contributed by atoms with van der Waals surface area (Å²) in [7, 11) is 0. The Hall–Kier alpha value is -2.82. The number of allylic oxidation sites excluding steroid dienone is 6. The zero-order valence-corrected chi connectivity index (χ0v) is 21.5. The highest BCUT2D eigenvalue weighted by Gasteiger charge is 2.15. The van der Waals surface area contributed by atoms with Crippen molar-refractivity contribution in [3.05, 3.63) is 89.2 Å². The lowest BCUT2D eigenvalue weighted by Crippen LogP contribution is -2.33. The number of nitrogens with one attached hydrogen (secondary N) is 1. The third-order valence-corrected chi connectivity index (χ3v) is 6.62. The van der Waals surface area contributed by atoms with Crippen LogP contribution in [0, 0.1) is 0 Å². The highest BCUT2D eigenvalue weighted by atomic mass is 16.3. The Labute approximate surface area is 211 Å². The second-order valence-electron chi connectivity index (χ2n) is 9.31. The van der Waals surface area contributed by atoms with Crippen molar-refractivity contribution in [2.45, 2.75) is 52.4 Å². The van der Waals surface area contributed by atoms with Gasteiger partial charge in [-0.1, -0.05) is 61.9 Å². The first-order chi connectivity index (χ1) is 17.1. The second-order valence-corrected chi connectivity index (χ2v) is 9.31. The molecule has 4 nitrogen and oxygen atoms in total. The lowest BCUT2D eigenvalue weighted by Gasteiger charge is -2.26. The van der Waals surface area contributed by atoms with Crippen LogP contribution >= 0.6 is 0 Å². The average molecular weight is 475 g/mol. The first-order valence-corrected chi connectivity index (χ1v) is 13.1. The van der Waals surface area contributed by atoms with Gasteiger partial charge in [-0.05, 0) is 98.2 Å². The molecule has 1 heterocycles. The van der Waals surface area contributed by atoms with E-state index in [4.69, 9.17) is 0 Å². The van der Waals surface area contributed by atoms with Gasteiger partial charge < -0.3 is 20.4 Å². The number of piperidine rings is 1. The van der Waals surface area contributed by atoms with E-state index in [0.29, 0.717) is 12.2 Å². The van der Waals surface area contributed by atoms with Gasteiger partial charge in [0.1, 0.15) is 0 Å². The zero-order valence-electron chi connectivity index (χ0n) is 21.5. The Morgan fingerprint density at radius 3 is 2.29 bits per heavy atom. The molecule has 0 aliphatic carbocycles. The second kappa shape index (κ2) is 14.6. The highest BCUT2D eigenvalue weighted by Crippen LogP contribution is 2.37. The van der Waals surface area contributed by atoms with Crippen LogP contribution < -0.4 is 5.32 Å². The summed E-state index contributed by atoms with van der Waals surface area (Å²) in [5, 5.41) is 23.0. The molecule has 0 atom stereocenters. The largest absolute Gasteiger partial charge is 0.513 e.